The SMILES string of the molecule is CCCNC(c1cc2cccc(Cl)c2o1)c1ccoc1Cl. The highest BCUT2D eigenvalue weighted by Gasteiger charge is 2.22. The second-order valence-electron chi connectivity index (χ2n) is 4.84. The van der Waals surface area contributed by atoms with Crippen LogP contribution in [0.5, 0.6) is 0 Å². The van der Waals surface area contributed by atoms with Crippen LogP contribution in [0.1, 0.15) is 30.7 Å². The van der Waals surface area contributed by atoms with Crippen molar-refractivity contribution in [2.24, 2.45) is 0 Å². The Morgan fingerprint density at radius 1 is 1.24 bits per heavy atom. The molecule has 0 aliphatic heterocycles. The smallest absolute Gasteiger partial charge is 0.198 e. The Balaban J connectivity index is 2.05. The van der Waals surface area contributed by atoms with Crippen molar-refractivity contribution in [2.75, 3.05) is 6.54 Å². The summed E-state index contributed by atoms with van der Waals surface area (Å²) in [6, 6.07) is 9.38. The standard InChI is InChI=1S/C16H15Cl2NO2/c1-2-7-19-14(11-6-8-20-16(11)18)13-9-10-4-3-5-12(17)15(10)21-13/h3-6,8-9,14,19H,2,7H2,1H3. The second kappa shape index (κ2) is 6.14. The summed E-state index contributed by atoms with van der Waals surface area (Å²) in [5.74, 6) is 0.773. The van der Waals surface area contributed by atoms with Gasteiger partial charge >= 0.3 is 0 Å². The van der Waals surface area contributed by atoms with Crippen molar-refractivity contribution in [2.45, 2.75) is 19.4 Å². The van der Waals surface area contributed by atoms with E-state index in [9.17, 15) is 0 Å². The Labute approximate surface area is 132 Å². The number of fused-ring (bicyclic) bond motifs is 1. The monoisotopic (exact) mass is 323 g/mol. The maximum atomic E-state index is 6.18. The van der Waals surface area contributed by atoms with Gasteiger partial charge in [-0.3, -0.25) is 0 Å². The van der Waals surface area contributed by atoms with Crippen molar-refractivity contribution in [3.05, 3.63) is 58.2 Å². The minimum absolute atomic E-state index is 0.153. The van der Waals surface area contributed by atoms with Crippen LogP contribution < -0.4 is 5.32 Å². The summed E-state index contributed by atoms with van der Waals surface area (Å²) < 4.78 is 11.1. The first-order chi connectivity index (χ1) is 10.2. The molecule has 21 heavy (non-hydrogen) atoms. The zero-order chi connectivity index (χ0) is 14.8. The molecule has 0 aliphatic carbocycles. The van der Waals surface area contributed by atoms with E-state index in [0.717, 1.165) is 29.7 Å². The van der Waals surface area contributed by atoms with Gasteiger partial charge in [0, 0.05) is 10.9 Å². The minimum atomic E-state index is -0.153. The summed E-state index contributed by atoms with van der Waals surface area (Å²) >= 11 is 12.3. The van der Waals surface area contributed by atoms with Crippen molar-refractivity contribution in [3.8, 4) is 0 Å². The highest BCUT2D eigenvalue weighted by Crippen LogP contribution is 2.34. The molecular weight excluding hydrogens is 309 g/mol. The molecule has 1 atom stereocenters. The van der Waals surface area contributed by atoms with Crippen molar-refractivity contribution in [1.82, 2.24) is 5.32 Å². The van der Waals surface area contributed by atoms with E-state index in [-0.39, 0.29) is 6.04 Å². The Hall–Kier alpha value is -1.42. The second-order valence-corrected chi connectivity index (χ2v) is 5.59. The number of halogens is 2. The molecule has 0 aliphatic rings. The molecule has 0 bridgehead atoms. The maximum absolute atomic E-state index is 6.18. The van der Waals surface area contributed by atoms with E-state index in [4.69, 9.17) is 32.0 Å². The summed E-state index contributed by atoms with van der Waals surface area (Å²) in [6.45, 7) is 2.95. The molecule has 0 spiro atoms. The fourth-order valence-corrected chi connectivity index (χ4v) is 2.80. The van der Waals surface area contributed by atoms with E-state index in [0.29, 0.717) is 15.8 Å². The number of rotatable bonds is 5. The summed E-state index contributed by atoms with van der Waals surface area (Å²) in [5, 5.41) is 5.37. The lowest BCUT2D eigenvalue weighted by Gasteiger charge is -2.14. The lowest BCUT2D eigenvalue weighted by atomic mass is 10.1. The number of para-hydroxylation sites is 1. The van der Waals surface area contributed by atoms with Gasteiger partial charge in [0.15, 0.2) is 10.8 Å². The predicted molar refractivity (Wildman–Crippen MR) is 85.1 cm³/mol. The Bertz CT molecular complexity index is 748. The molecule has 1 aromatic carbocycles. The van der Waals surface area contributed by atoms with Crippen LogP contribution in [-0.2, 0) is 0 Å². The molecule has 110 valence electrons. The van der Waals surface area contributed by atoms with Gasteiger partial charge in [0.1, 0.15) is 5.76 Å². The van der Waals surface area contributed by atoms with Crippen molar-refractivity contribution >= 4 is 34.2 Å². The lowest BCUT2D eigenvalue weighted by molar-refractivity contribution is 0.465. The molecule has 2 heterocycles. The molecule has 0 fully saturated rings. The molecule has 0 saturated carbocycles. The third-order valence-corrected chi connectivity index (χ3v) is 3.96. The van der Waals surface area contributed by atoms with Gasteiger partial charge < -0.3 is 14.2 Å². The van der Waals surface area contributed by atoms with Crippen LogP contribution in [-0.4, -0.2) is 6.54 Å². The zero-order valence-corrected chi connectivity index (χ0v) is 13.0. The average molecular weight is 324 g/mol. The third-order valence-electron chi connectivity index (χ3n) is 3.36. The highest BCUT2D eigenvalue weighted by molar-refractivity contribution is 6.34. The summed E-state index contributed by atoms with van der Waals surface area (Å²) in [4.78, 5) is 0. The van der Waals surface area contributed by atoms with Gasteiger partial charge in [0.2, 0.25) is 0 Å². The first kappa shape index (κ1) is 14.5. The molecule has 0 saturated heterocycles. The Morgan fingerprint density at radius 2 is 2.10 bits per heavy atom. The molecular formula is C16H15Cl2NO2. The van der Waals surface area contributed by atoms with Gasteiger partial charge in [0.05, 0.1) is 17.3 Å². The van der Waals surface area contributed by atoms with Crippen LogP contribution >= 0.6 is 23.2 Å². The van der Waals surface area contributed by atoms with E-state index in [1.54, 1.807) is 6.26 Å². The van der Waals surface area contributed by atoms with Crippen LogP contribution in [0.15, 0.2) is 45.4 Å². The molecule has 3 aromatic rings. The number of hydrogen-bond acceptors (Lipinski definition) is 3. The predicted octanol–water partition coefficient (Wildman–Crippen LogP) is 5.42. The highest BCUT2D eigenvalue weighted by atomic mass is 35.5. The van der Waals surface area contributed by atoms with Gasteiger partial charge in [-0.25, -0.2) is 0 Å². The lowest BCUT2D eigenvalue weighted by Crippen LogP contribution is -2.22. The fraction of sp³-hybridized carbons (Fsp3) is 0.250. The van der Waals surface area contributed by atoms with E-state index in [2.05, 4.69) is 12.2 Å². The normalized spacial score (nSPS) is 12.9. The number of furan rings is 2. The van der Waals surface area contributed by atoms with E-state index in [1.165, 1.54) is 0 Å². The van der Waals surface area contributed by atoms with Gasteiger partial charge in [-0.1, -0.05) is 30.7 Å². The first-order valence-corrected chi connectivity index (χ1v) is 7.60. The molecule has 3 rings (SSSR count). The van der Waals surface area contributed by atoms with Crippen LogP contribution in [0, 0.1) is 0 Å². The average Bonchev–Trinajstić information content (AvgIpc) is 3.07. The summed E-state index contributed by atoms with van der Waals surface area (Å²) in [5.41, 5.74) is 1.55. The van der Waals surface area contributed by atoms with E-state index in [1.807, 2.05) is 30.3 Å². The van der Waals surface area contributed by atoms with Crippen LogP contribution in [0.25, 0.3) is 11.0 Å². The minimum Gasteiger partial charge on any atom is -0.457 e. The van der Waals surface area contributed by atoms with Gasteiger partial charge in [-0.15, -0.1) is 0 Å². The van der Waals surface area contributed by atoms with Crippen LogP contribution in [0.4, 0.5) is 0 Å². The first-order valence-electron chi connectivity index (χ1n) is 6.85. The molecule has 1 unspecified atom stereocenters. The van der Waals surface area contributed by atoms with Crippen LogP contribution in [0.2, 0.25) is 10.2 Å². The maximum Gasteiger partial charge on any atom is 0.198 e. The molecule has 5 heteroatoms. The Morgan fingerprint density at radius 3 is 2.76 bits per heavy atom. The summed E-state index contributed by atoms with van der Waals surface area (Å²) in [7, 11) is 0. The number of hydrogen-bond donors (Lipinski definition) is 1. The summed E-state index contributed by atoms with van der Waals surface area (Å²) in [6.07, 6.45) is 2.58. The van der Waals surface area contributed by atoms with Gasteiger partial charge in [-0.2, -0.15) is 0 Å². The molecule has 0 radical (unpaired) electrons. The van der Waals surface area contributed by atoms with Gasteiger partial charge in [-0.05, 0) is 42.8 Å². The third kappa shape index (κ3) is 2.82. The van der Waals surface area contributed by atoms with Crippen molar-refractivity contribution < 1.29 is 8.83 Å². The van der Waals surface area contributed by atoms with E-state index >= 15 is 0 Å². The number of benzene rings is 1. The molecule has 1 N–H and O–H groups in total. The zero-order valence-electron chi connectivity index (χ0n) is 11.5. The number of nitrogens with one attached hydrogen (secondary N) is 1. The van der Waals surface area contributed by atoms with Gasteiger partial charge in [0.25, 0.3) is 0 Å². The molecule has 2 aromatic heterocycles. The fourth-order valence-electron chi connectivity index (χ4n) is 2.35. The molecule has 0 amide bonds. The quantitative estimate of drug-likeness (QED) is 0.681. The largest absolute Gasteiger partial charge is 0.457 e. The van der Waals surface area contributed by atoms with Crippen molar-refractivity contribution in [3.63, 3.8) is 0 Å². The van der Waals surface area contributed by atoms with Crippen LogP contribution in [0.3, 0.4) is 0 Å². The van der Waals surface area contributed by atoms with E-state index < -0.39 is 0 Å². The van der Waals surface area contributed by atoms with Crippen molar-refractivity contribution in [1.29, 1.82) is 0 Å². The topological polar surface area (TPSA) is 38.3 Å². The molecule has 3 nitrogen and oxygen atoms in total. The Kier molecular flexibility index (Phi) is 4.24.